The average molecular weight is 1150 g/mol. The fraction of sp³-hybridized carbons (Fsp3) is 0.424. The number of nitrogens with one attached hydrogen (secondary N) is 4. The number of aromatic nitrogens is 2. The van der Waals surface area contributed by atoms with E-state index >= 15 is 0 Å². The van der Waals surface area contributed by atoms with Crippen LogP contribution in [-0.2, 0) is 29.3 Å². The number of rotatable bonds is 8. The number of phenols is 1. The Morgan fingerprint density at radius 3 is 1.36 bits per heavy atom. The summed E-state index contributed by atoms with van der Waals surface area (Å²) in [5.74, 6) is 2.43. The molecule has 5 aromatic carbocycles. The number of phenolic OH excluding ortho intramolecular Hbond substituents is 1. The number of methoxy groups -OCH3 is 1. The summed E-state index contributed by atoms with van der Waals surface area (Å²) < 4.78 is 16.8. The molecule has 14 heteroatoms. The minimum atomic E-state index is -0.0654. The summed E-state index contributed by atoms with van der Waals surface area (Å²) in [6.45, 7) is 3.45. The molecular formula is C66H77BrN6O7. The maximum absolute atomic E-state index is 13.4. The first-order valence-corrected chi connectivity index (χ1v) is 30.2. The smallest absolute Gasteiger partial charge is 0.251 e. The lowest BCUT2D eigenvalue weighted by molar-refractivity contribution is -0.122. The van der Waals surface area contributed by atoms with Crippen molar-refractivity contribution in [3.63, 3.8) is 0 Å². The molecular weight excluding hydrogens is 1070 g/mol. The topological polar surface area (TPSA) is 165 Å². The molecule has 2 aliphatic heterocycles. The predicted molar refractivity (Wildman–Crippen MR) is 321 cm³/mol. The normalized spacial score (nSPS) is 17.7. The van der Waals surface area contributed by atoms with Gasteiger partial charge in [-0.1, -0.05) is 92.3 Å². The van der Waals surface area contributed by atoms with Gasteiger partial charge < -0.3 is 45.0 Å². The predicted octanol–water partition coefficient (Wildman–Crippen LogP) is 13.6. The van der Waals surface area contributed by atoms with E-state index in [0.717, 1.165) is 143 Å². The van der Waals surface area contributed by atoms with Gasteiger partial charge in [0.15, 0.2) is 0 Å². The molecule has 0 saturated heterocycles. The SMILES string of the molecule is COc1ccc(Br)c(COc2ccc(-c3c(C4CCCCC4)c4ccc5cc4n3CC(=O)NCCCCCCNC5=O)cc2)c1.O=C1Cn2c(-c3ccc(O)cc3)c(C3CCCCC3)c3ccc(cc32)C(=O)NCCCCCCN1. The van der Waals surface area contributed by atoms with Crippen molar-refractivity contribution in [2.75, 3.05) is 33.3 Å². The van der Waals surface area contributed by atoms with E-state index in [0.29, 0.717) is 55.7 Å². The second-order valence-electron chi connectivity index (χ2n) is 22.2. The summed E-state index contributed by atoms with van der Waals surface area (Å²) in [6, 6.07) is 33.3. The van der Waals surface area contributed by atoms with Crippen LogP contribution in [0.4, 0.5) is 0 Å². The van der Waals surface area contributed by atoms with E-state index in [2.05, 4.69) is 70.6 Å². The standard InChI is InChI=1S/C37H42BrN3O4.C29H35N3O3/c1-44-30-16-18-32(38)28(21-30)24-45-29-14-11-26(12-15-29)36-35(25-9-5-4-6-10-25)31-17-13-27-22-33(31)41(36)23-34(42)39-19-7-2-3-8-20-40-37(27)43;33-23-13-10-21(11-14-23)28-27(20-8-4-3-5-9-20)24-15-12-22-18-25(24)32(28)19-26(34)30-16-6-1-2-7-17-31-29(22)35/h11-18,21-22,25H,2-10,19-20,23-24H2,1H3,(H,39,42)(H,40,43);10-15,18,20,33H,1-9,16-17,19H2,(H,30,34)(H,31,35). The molecule has 2 aromatic heterocycles. The van der Waals surface area contributed by atoms with E-state index in [1.807, 2.05) is 66.7 Å². The Kier molecular flexibility index (Phi) is 18.9. The number of amides is 4. The van der Waals surface area contributed by atoms with Crippen LogP contribution < -0.4 is 30.7 Å². The van der Waals surface area contributed by atoms with Crippen molar-refractivity contribution in [2.24, 2.45) is 0 Å². The fourth-order valence-corrected chi connectivity index (χ4v) is 12.9. The Bertz CT molecular complexity index is 3300. The molecule has 0 atom stereocenters. The van der Waals surface area contributed by atoms with Gasteiger partial charge >= 0.3 is 0 Å². The molecule has 4 heterocycles. The van der Waals surface area contributed by atoms with Crippen LogP contribution in [0.5, 0.6) is 17.2 Å². The minimum absolute atomic E-state index is 0.00288. The summed E-state index contributed by atoms with van der Waals surface area (Å²) >= 11 is 3.61. The van der Waals surface area contributed by atoms with Crippen LogP contribution in [-0.4, -0.2) is 71.2 Å². The van der Waals surface area contributed by atoms with Crippen LogP contribution in [0.15, 0.2) is 108 Å². The van der Waals surface area contributed by atoms with Crippen LogP contribution in [0.25, 0.3) is 44.3 Å². The Labute approximate surface area is 478 Å². The zero-order chi connectivity index (χ0) is 55.4. The van der Waals surface area contributed by atoms with E-state index in [1.54, 1.807) is 19.2 Å². The van der Waals surface area contributed by atoms with E-state index in [1.165, 1.54) is 49.7 Å². The molecule has 0 unspecified atom stereocenters. The first kappa shape index (κ1) is 56.2. The van der Waals surface area contributed by atoms with Crippen LogP contribution in [0.1, 0.15) is 165 Å². The zero-order valence-electron chi connectivity index (χ0n) is 46.3. The van der Waals surface area contributed by atoms with E-state index < -0.39 is 0 Å². The molecule has 11 rings (SSSR count). The highest BCUT2D eigenvalue weighted by Crippen LogP contribution is 2.46. The van der Waals surface area contributed by atoms with E-state index in [9.17, 15) is 24.3 Å². The molecule has 2 fully saturated rings. The summed E-state index contributed by atoms with van der Waals surface area (Å²) in [4.78, 5) is 52.6. The van der Waals surface area contributed by atoms with Crippen molar-refractivity contribution >= 4 is 61.4 Å². The van der Waals surface area contributed by atoms with Crippen LogP contribution in [0, 0.1) is 0 Å². The van der Waals surface area contributed by atoms with Gasteiger partial charge in [-0.25, -0.2) is 0 Å². The highest BCUT2D eigenvalue weighted by molar-refractivity contribution is 9.10. The van der Waals surface area contributed by atoms with Gasteiger partial charge in [-0.2, -0.15) is 0 Å². The van der Waals surface area contributed by atoms with Crippen molar-refractivity contribution in [2.45, 2.75) is 147 Å². The minimum Gasteiger partial charge on any atom is -0.508 e. The highest BCUT2D eigenvalue weighted by atomic mass is 79.9. The summed E-state index contributed by atoms with van der Waals surface area (Å²) in [5, 5.41) is 24.6. The van der Waals surface area contributed by atoms with Gasteiger partial charge in [0.05, 0.1) is 29.5 Å². The van der Waals surface area contributed by atoms with Gasteiger partial charge in [0.2, 0.25) is 11.8 Å². The molecule has 0 radical (unpaired) electrons. The number of hydrogen-bond donors (Lipinski definition) is 5. The van der Waals surface area contributed by atoms with Gasteiger partial charge in [-0.15, -0.1) is 0 Å². The molecule has 0 spiro atoms. The first-order chi connectivity index (χ1) is 39.1. The Morgan fingerprint density at radius 1 is 0.487 bits per heavy atom. The van der Waals surface area contributed by atoms with Gasteiger partial charge in [-0.3, -0.25) is 19.2 Å². The van der Waals surface area contributed by atoms with Gasteiger partial charge in [0.25, 0.3) is 11.8 Å². The molecule has 4 aliphatic rings. The lowest BCUT2D eigenvalue weighted by atomic mass is 9.81. The average Bonchev–Trinajstić information content (AvgIpc) is 3.98. The van der Waals surface area contributed by atoms with Gasteiger partial charge in [0, 0.05) is 58.1 Å². The number of carbonyl (C=O) groups is 4. The Hall–Kier alpha value is -7.06. The second kappa shape index (κ2) is 26.9. The quantitative estimate of drug-likeness (QED) is 0.101. The number of benzene rings is 5. The third-order valence-electron chi connectivity index (χ3n) is 16.7. The Balaban J connectivity index is 0.000000186. The monoisotopic (exact) mass is 1140 g/mol. The van der Waals surface area contributed by atoms with Gasteiger partial charge in [-0.05, 0) is 176 Å². The molecule has 7 aromatic rings. The number of carbonyl (C=O) groups excluding carboxylic acids is 4. The molecule has 4 bridgehead atoms. The third-order valence-corrected chi connectivity index (χ3v) is 17.5. The number of hydrogen-bond acceptors (Lipinski definition) is 7. The van der Waals surface area contributed by atoms with Crippen molar-refractivity contribution < 1.29 is 33.8 Å². The largest absolute Gasteiger partial charge is 0.508 e. The van der Waals surface area contributed by atoms with Crippen molar-refractivity contribution in [1.82, 2.24) is 30.4 Å². The van der Waals surface area contributed by atoms with Gasteiger partial charge in [0.1, 0.15) is 36.9 Å². The lowest BCUT2D eigenvalue weighted by Crippen LogP contribution is -2.28. The van der Waals surface area contributed by atoms with Crippen LogP contribution in [0.2, 0.25) is 0 Å². The first-order valence-electron chi connectivity index (χ1n) is 29.4. The third kappa shape index (κ3) is 13.4. The van der Waals surface area contributed by atoms with Crippen molar-refractivity contribution in [3.05, 3.63) is 135 Å². The summed E-state index contributed by atoms with van der Waals surface area (Å²) in [7, 11) is 1.66. The van der Waals surface area contributed by atoms with E-state index in [-0.39, 0.29) is 42.5 Å². The summed E-state index contributed by atoms with van der Waals surface area (Å²) in [5.41, 5.74) is 10.8. The van der Waals surface area contributed by atoms with Crippen molar-refractivity contribution in [1.29, 1.82) is 0 Å². The fourth-order valence-electron chi connectivity index (χ4n) is 12.5. The highest BCUT2D eigenvalue weighted by Gasteiger charge is 2.30. The Morgan fingerprint density at radius 2 is 0.900 bits per heavy atom. The van der Waals surface area contributed by atoms with Crippen LogP contribution in [0.3, 0.4) is 0 Å². The van der Waals surface area contributed by atoms with Crippen molar-refractivity contribution in [3.8, 4) is 39.8 Å². The molecule has 2 aliphatic carbocycles. The maximum Gasteiger partial charge on any atom is 0.251 e. The number of fused-ring (bicyclic) bond motifs is 2. The molecule has 13 nitrogen and oxygen atoms in total. The summed E-state index contributed by atoms with van der Waals surface area (Å²) in [6.07, 6.45) is 19.7. The molecule has 2 saturated carbocycles. The molecule has 420 valence electrons. The number of nitrogens with zero attached hydrogens (tertiary/aromatic N) is 2. The zero-order valence-corrected chi connectivity index (χ0v) is 47.9. The molecule has 5 N–H and O–H groups in total. The lowest BCUT2D eigenvalue weighted by Gasteiger charge is -2.24. The molecule has 80 heavy (non-hydrogen) atoms. The maximum atomic E-state index is 13.4. The second-order valence-corrected chi connectivity index (χ2v) is 23.0. The van der Waals surface area contributed by atoms with E-state index in [4.69, 9.17) is 9.47 Å². The number of halogens is 1. The number of ether oxygens (including phenoxy) is 2. The number of aromatic hydroxyl groups is 1. The molecule has 4 amide bonds. The van der Waals surface area contributed by atoms with Crippen LogP contribution >= 0.6 is 15.9 Å².